The van der Waals surface area contributed by atoms with E-state index in [1.807, 2.05) is 0 Å². The summed E-state index contributed by atoms with van der Waals surface area (Å²) in [5.74, 6) is 0.946. The van der Waals surface area contributed by atoms with E-state index in [1.165, 1.54) is 22.3 Å². The van der Waals surface area contributed by atoms with Crippen LogP contribution >= 0.6 is 0 Å². The van der Waals surface area contributed by atoms with Gasteiger partial charge in [-0.3, -0.25) is 9.69 Å². The average molecular weight is 377 g/mol. The van der Waals surface area contributed by atoms with E-state index < -0.39 is 0 Å². The van der Waals surface area contributed by atoms with Crippen molar-refractivity contribution in [1.29, 1.82) is 0 Å². The van der Waals surface area contributed by atoms with E-state index in [4.69, 9.17) is 0 Å². The molecule has 1 fully saturated rings. The maximum atomic E-state index is 12.9. The van der Waals surface area contributed by atoms with Gasteiger partial charge in [-0.2, -0.15) is 0 Å². The number of carbonyl (C=O) groups is 1. The Bertz CT molecular complexity index is 817. The second kappa shape index (κ2) is 8.08. The highest BCUT2D eigenvalue weighted by molar-refractivity contribution is 5.83. The Morgan fingerprint density at radius 1 is 0.964 bits per heavy atom. The summed E-state index contributed by atoms with van der Waals surface area (Å²) in [7, 11) is 0. The van der Waals surface area contributed by atoms with Gasteiger partial charge in [0.25, 0.3) is 0 Å². The number of likely N-dealkylation sites (tertiary alicyclic amines) is 1. The lowest BCUT2D eigenvalue weighted by atomic mass is 9.73. The van der Waals surface area contributed by atoms with Gasteiger partial charge in [-0.25, -0.2) is 0 Å². The van der Waals surface area contributed by atoms with E-state index in [-0.39, 0.29) is 11.3 Å². The molecule has 4 rings (SSSR count). The molecule has 0 unspecified atom stereocenters. The van der Waals surface area contributed by atoms with Gasteiger partial charge in [0.1, 0.15) is 0 Å². The number of benzene rings is 2. The fourth-order valence-corrected chi connectivity index (χ4v) is 4.76. The fourth-order valence-electron chi connectivity index (χ4n) is 4.76. The largest absolute Gasteiger partial charge is 0.352 e. The van der Waals surface area contributed by atoms with Gasteiger partial charge >= 0.3 is 0 Å². The molecule has 1 amide bonds. The number of hydrogen-bond donors (Lipinski definition) is 1. The van der Waals surface area contributed by atoms with Crippen LogP contribution in [0.25, 0.3) is 0 Å². The molecule has 0 radical (unpaired) electrons. The van der Waals surface area contributed by atoms with Crippen molar-refractivity contribution in [2.45, 2.75) is 52.6 Å². The third-order valence-corrected chi connectivity index (χ3v) is 6.45. The second-order valence-electron chi connectivity index (χ2n) is 9.10. The molecule has 2 aromatic carbocycles. The van der Waals surface area contributed by atoms with Crippen molar-refractivity contribution in [3.63, 3.8) is 0 Å². The van der Waals surface area contributed by atoms with E-state index in [1.54, 1.807) is 0 Å². The van der Waals surface area contributed by atoms with Gasteiger partial charge < -0.3 is 5.32 Å². The molecule has 148 valence electrons. The number of amides is 1. The Balaban J connectivity index is 1.39. The first kappa shape index (κ1) is 19.2. The zero-order chi connectivity index (χ0) is 19.6. The molecule has 2 aliphatic rings. The van der Waals surface area contributed by atoms with Crippen LogP contribution < -0.4 is 5.32 Å². The SMILES string of the molecule is CC(C)Cc1ccc(CN2CCC3(CC2)Cc2ccccc2CNC3=O)cc1. The van der Waals surface area contributed by atoms with Crippen LogP contribution in [0, 0.1) is 11.3 Å². The van der Waals surface area contributed by atoms with Gasteiger partial charge in [-0.1, -0.05) is 62.4 Å². The van der Waals surface area contributed by atoms with E-state index in [0.29, 0.717) is 12.5 Å². The van der Waals surface area contributed by atoms with Gasteiger partial charge in [0.2, 0.25) is 5.91 Å². The zero-order valence-electron chi connectivity index (χ0n) is 17.2. The van der Waals surface area contributed by atoms with Gasteiger partial charge in [0, 0.05) is 13.1 Å². The first-order chi connectivity index (χ1) is 13.5. The summed E-state index contributed by atoms with van der Waals surface area (Å²) in [4.78, 5) is 15.4. The number of nitrogens with zero attached hydrogens (tertiary/aromatic N) is 1. The van der Waals surface area contributed by atoms with Crippen LogP contribution in [-0.4, -0.2) is 23.9 Å². The van der Waals surface area contributed by atoms with Crippen LogP contribution in [-0.2, 0) is 30.7 Å². The van der Waals surface area contributed by atoms with Crippen LogP contribution in [0.15, 0.2) is 48.5 Å². The number of rotatable bonds is 4. The maximum Gasteiger partial charge on any atom is 0.226 e. The highest BCUT2D eigenvalue weighted by Gasteiger charge is 2.42. The van der Waals surface area contributed by atoms with E-state index in [2.05, 4.69) is 72.6 Å². The molecule has 0 aromatic heterocycles. The van der Waals surface area contributed by atoms with E-state index in [0.717, 1.165) is 45.3 Å². The van der Waals surface area contributed by atoms with Crippen molar-refractivity contribution >= 4 is 5.91 Å². The first-order valence-electron chi connectivity index (χ1n) is 10.7. The Labute approximate surface area is 169 Å². The van der Waals surface area contributed by atoms with Gasteiger partial charge in [-0.15, -0.1) is 0 Å². The molecule has 0 bridgehead atoms. The Morgan fingerprint density at radius 3 is 2.29 bits per heavy atom. The van der Waals surface area contributed by atoms with Crippen molar-refractivity contribution in [3.05, 3.63) is 70.8 Å². The molecule has 1 spiro atoms. The lowest BCUT2D eigenvalue weighted by molar-refractivity contribution is -0.133. The summed E-state index contributed by atoms with van der Waals surface area (Å²) in [6.45, 7) is 8.16. The van der Waals surface area contributed by atoms with Crippen molar-refractivity contribution in [2.75, 3.05) is 13.1 Å². The maximum absolute atomic E-state index is 12.9. The predicted octanol–water partition coefficient (Wildman–Crippen LogP) is 4.34. The molecular formula is C25H32N2O. The summed E-state index contributed by atoms with van der Waals surface area (Å²) in [5.41, 5.74) is 5.18. The normalized spacial score (nSPS) is 19.3. The van der Waals surface area contributed by atoms with Crippen LogP contribution in [0.4, 0.5) is 0 Å². The number of fused-ring (bicyclic) bond motifs is 1. The molecule has 2 aliphatic heterocycles. The van der Waals surface area contributed by atoms with Gasteiger partial charge in [0.15, 0.2) is 0 Å². The molecule has 2 heterocycles. The van der Waals surface area contributed by atoms with E-state index in [9.17, 15) is 4.79 Å². The minimum atomic E-state index is -0.232. The second-order valence-corrected chi connectivity index (χ2v) is 9.10. The molecule has 3 nitrogen and oxygen atoms in total. The van der Waals surface area contributed by atoms with E-state index >= 15 is 0 Å². The summed E-state index contributed by atoms with van der Waals surface area (Å²) >= 11 is 0. The minimum Gasteiger partial charge on any atom is -0.352 e. The third kappa shape index (κ3) is 4.15. The molecule has 0 atom stereocenters. The smallest absolute Gasteiger partial charge is 0.226 e. The van der Waals surface area contributed by atoms with Gasteiger partial charge in [0.05, 0.1) is 5.41 Å². The zero-order valence-corrected chi connectivity index (χ0v) is 17.2. The highest BCUT2D eigenvalue weighted by atomic mass is 16.2. The lowest BCUT2D eigenvalue weighted by Crippen LogP contribution is -2.48. The molecule has 3 heteroatoms. The molecular weight excluding hydrogens is 344 g/mol. The predicted molar refractivity (Wildman–Crippen MR) is 114 cm³/mol. The molecule has 0 saturated carbocycles. The first-order valence-corrected chi connectivity index (χ1v) is 10.7. The summed E-state index contributed by atoms with van der Waals surface area (Å²) in [6, 6.07) is 17.6. The molecule has 1 N–H and O–H groups in total. The fraction of sp³-hybridized carbons (Fsp3) is 0.480. The Morgan fingerprint density at radius 2 is 1.61 bits per heavy atom. The molecule has 2 aromatic rings. The summed E-state index contributed by atoms with van der Waals surface area (Å²) in [6.07, 6.45) is 3.91. The van der Waals surface area contributed by atoms with Crippen molar-refractivity contribution in [3.8, 4) is 0 Å². The molecule has 28 heavy (non-hydrogen) atoms. The number of piperidine rings is 1. The number of carbonyl (C=O) groups excluding carboxylic acids is 1. The Hall–Kier alpha value is -2.13. The lowest BCUT2D eigenvalue weighted by Gasteiger charge is -2.40. The van der Waals surface area contributed by atoms with Crippen LogP contribution in [0.2, 0.25) is 0 Å². The number of hydrogen-bond acceptors (Lipinski definition) is 2. The monoisotopic (exact) mass is 376 g/mol. The van der Waals surface area contributed by atoms with Crippen LogP contribution in [0.5, 0.6) is 0 Å². The van der Waals surface area contributed by atoms with Crippen LogP contribution in [0.1, 0.15) is 48.9 Å². The molecule has 1 saturated heterocycles. The quantitative estimate of drug-likeness (QED) is 0.861. The summed E-state index contributed by atoms with van der Waals surface area (Å²) in [5, 5.41) is 3.19. The highest BCUT2D eigenvalue weighted by Crippen LogP contribution is 2.38. The standard InChI is InChI=1S/C25H32N2O/c1-19(2)15-20-7-9-21(10-8-20)18-27-13-11-25(12-14-27)16-22-5-3-4-6-23(22)17-26-24(25)28/h3-10,19H,11-18H2,1-2H3,(H,26,28). The molecule has 0 aliphatic carbocycles. The van der Waals surface area contributed by atoms with Gasteiger partial charge in [-0.05, 0) is 66.9 Å². The van der Waals surface area contributed by atoms with Crippen molar-refractivity contribution < 1.29 is 4.79 Å². The topological polar surface area (TPSA) is 32.3 Å². The minimum absolute atomic E-state index is 0.232. The average Bonchev–Trinajstić information content (AvgIpc) is 2.82. The van der Waals surface area contributed by atoms with Crippen molar-refractivity contribution in [2.24, 2.45) is 11.3 Å². The Kier molecular flexibility index (Phi) is 5.54. The summed E-state index contributed by atoms with van der Waals surface area (Å²) < 4.78 is 0. The number of nitrogens with one attached hydrogen (secondary N) is 1. The third-order valence-electron chi connectivity index (χ3n) is 6.45. The van der Waals surface area contributed by atoms with Crippen molar-refractivity contribution in [1.82, 2.24) is 10.2 Å². The van der Waals surface area contributed by atoms with Crippen LogP contribution in [0.3, 0.4) is 0 Å².